The molecule has 0 unspecified atom stereocenters. The first kappa shape index (κ1) is 14.3. The van der Waals surface area contributed by atoms with Gasteiger partial charge in [0.2, 0.25) is 0 Å². The van der Waals surface area contributed by atoms with Crippen molar-refractivity contribution < 1.29 is 19.4 Å². The summed E-state index contributed by atoms with van der Waals surface area (Å²) in [7, 11) is 1.29. The number of aromatic hydroxyl groups is 1. The number of phenolic OH excluding ortho intramolecular Hbond substituents is 1. The molecule has 0 fully saturated rings. The summed E-state index contributed by atoms with van der Waals surface area (Å²) in [5.74, 6) is 0.429. The van der Waals surface area contributed by atoms with Crippen LogP contribution in [0.1, 0.15) is 10.4 Å². The number of thioether (sulfide) groups is 1. The first-order chi connectivity index (χ1) is 9.62. The van der Waals surface area contributed by atoms with Crippen LogP contribution in [0, 0.1) is 0 Å². The fourth-order valence-corrected chi connectivity index (χ4v) is 2.07. The Morgan fingerprint density at radius 2 is 1.80 bits per heavy atom. The summed E-state index contributed by atoms with van der Waals surface area (Å²) >= 11 is 1.64. The van der Waals surface area contributed by atoms with Gasteiger partial charge in [0.25, 0.3) is 0 Å². The Balaban J connectivity index is 2.23. The van der Waals surface area contributed by atoms with E-state index in [0.717, 1.165) is 4.90 Å². The van der Waals surface area contributed by atoms with Crippen LogP contribution in [-0.4, -0.2) is 24.4 Å². The third-order valence-corrected chi connectivity index (χ3v) is 3.35. The van der Waals surface area contributed by atoms with Crippen LogP contribution in [0.3, 0.4) is 0 Å². The van der Waals surface area contributed by atoms with Crippen LogP contribution in [0.25, 0.3) is 0 Å². The average molecular weight is 290 g/mol. The van der Waals surface area contributed by atoms with Crippen molar-refractivity contribution in [3.63, 3.8) is 0 Å². The zero-order chi connectivity index (χ0) is 14.5. The first-order valence-electron chi connectivity index (χ1n) is 5.86. The lowest BCUT2D eigenvalue weighted by Crippen LogP contribution is -2.01. The minimum Gasteiger partial charge on any atom is -0.508 e. The van der Waals surface area contributed by atoms with Crippen LogP contribution in [0.15, 0.2) is 47.4 Å². The van der Waals surface area contributed by atoms with Crippen LogP contribution < -0.4 is 4.74 Å². The molecular formula is C15H14O4S. The van der Waals surface area contributed by atoms with E-state index in [-0.39, 0.29) is 11.3 Å². The van der Waals surface area contributed by atoms with E-state index >= 15 is 0 Å². The Kier molecular flexibility index (Phi) is 4.53. The molecule has 0 amide bonds. The molecule has 0 aromatic heterocycles. The number of phenols is 1. The zero-order valence-electron chi connectivity index (χ0n) is 11.1. The van der Waals surface area contributed by atoms with E-state index in [4.69, 9.17) is 4.74 Å². The molecule has 2 aromatic carbocycles. The number of benzene rings is 2. The second kappa shape index (κ2) is 6.34. The van der Waals surface area contributed by atoms with Crippen molar-refractivity contribution in [3.05, 3.63) is 48.0 Å². The SMILES string of the molecule is COC(=O)c1cc(O)cc(Oc2ccc(SC)cc2)c1. The predicted molar refractivity (Wildman–Crippen MR) is 77.7 cm³/mol. The molecule has 0 heterocycles. The van der Waals surface area contributed by atoms with Crippen molar-refractivity contribution in [3.8, 4) is 17.2 Å². The second-order valence-electron chi connectivity index (χ2n) is 3.98. The number of carbonyl (C=O) groups excluding carboxylic acids is 1. The average Bonchev–Trinajstić information content (AvgIpc) is 2.46. The van der Waals surface area contributed by atoms with Crippen LogP contribution >= 0.6 is 11.8 Å². The number of rotatable bonds is 4. The Bertz CT molecular complexity index is 608. The third kappa shape index (κ3) is 3.45. The molecule has 1 N–H and O–H groups in total. The molecule has 20 heavy (non-hydrogen) atoms. The molecule has 2 aromatic rings. The summed E-state index contributed by atoms with van der Waals surface area (Å²) in [6.45, 7) is 0. The molecule has 0 radical (unpaired) electrons. The monoisotopic (exact) mass is 290 g/mol. The molecule has 0 bridgehead atoms. The highest BCUT2D eigenvalue weighted by Crippen LogP contribution is 2.28. The van der Waals surface area contributed by atoms with E-state index in [2.05, 4.69) is 4.74 Å². The largest absolute Gasteiger partial charge is 0.508 e. The highest BCUT2D eigenvalue weighted by Gasteiger charge is 2.10. The Labute approximate surface area is 121 Å². The lowest BCUT2D eigenvalue weighted by molar-refractivity contribution is 0.0600. The quantitative estimate of drug-likeness (QED) is 0.687. The van der Waals surface area contributed by atoms with Crippen molar-refractivity contribution in [2.75, 3.05) is 13.4 Å². The molecule has 0 aliphatic carbocycles. The summed E-state index contributed by atoms with van der Waals surface area (Å²) in [6.07, 6.45) is 1.99. The van der Waals surface area contributed by atoms with Crippen LogP contribution in [0.4, 0.5) is 0 Å². The van der Waals surface area contributed by atoms with Gasteiger partial charge in [-0.15, -0.1) is 11.8 Å². The van der Waals surface area contributed by atoms with Crippen LogP contribution in [0.2, 0.25) is 0 Å². The van der Waals surface area contributed by atoms with E-state index < -0.39 is 5.97 Å². The van der Waals surface area contributed by atoms with Gasteiger partial charge in [0, 0.05) is 11.0 Å². The molecule has 0 aliphatic heterocycles. The number of hydrogen-bond acceptors (Lipinski definition) is 5. The predicted octanol–water partition coefficient (Wildman–Crippen LogP) is 3.69. The normalized spacial score (nSPS) is 10.1. The van der Waals surface area contributed by atoms with Gasteiger partial charge in [-0.25, -0.2) is 4.79 Å². The molecule has 5 heteroatoms. The second-order valence-corrected chi connectivity index (χ2v) is 4.86. The Morgan fingerprint density at radius 1 is 1.10 bits per heavy atom. The van der Waals surface area contributed by atoms with E-state index in [1.165, 1.54) is 25.3 Å². The van der Waals surface area contributed by atoms with Gasteiger partial charge in [0.15, 0.2) is 0 Å². The van der Waals surface area contributed by atoms with Crippen molar-refractivity contribution in [1.82, 2.24) is 0 Å². The molecule has 104 valence electrons. The molecular weight excluding hydrogens is 276 g/mol. The molecule has 4 nitrogen and oxygen atoms in total. The summed E-state index contributed by atoms with van der Waals surface area (Å²) < 4.78 is 10.2. The van der Waals surface area contributed by atoms with Crippen molar-refractivity contribution in [2.45, 2.75) is 4.90 Å². The number of carbonyl (C=O) groups is 1. The van der Waals surface area contributed by atoms with E-state index in [9.17, 15) is 9.90 Å². The Hall–Kier alpha value is -2.14. The number of methoxy groups -OCH3 is 1. The molecule has 0 saturated carbocycles. The lowest BCUT2D eigenvalue weighted by Gasteiger charge is -2.08. The van der Waals surface area contributed by atoms with E-state index in [1.807, 2.05) is 30.5 Å². The number of esters is 1. The van der Waals surface area contributed by atoms with Gasteiger partial charge < -0.3 is 14.6 Å². The van der Waals surface area contributed by atoms with Gasteiger partial charge in [-0.05, 0) is 42.7 Å². The zero-order valence-corrected chi connectivity index (χ0v) is 11.9. The molecule has 0 aliphatic rings. The van der Waals surface area contributed by atoms with Gasteiger partial charge in [0.1, 0.15) is 17.2 Å². The van der Waals surface area contributed by atoms with Gasteiger partial charge in [-0.2, -0.15) is 0 Å². The smallest absolute Gasteiger partial charge is 0.338 e. The summed E-state index contributed by atoms with van der Waals surface area (Å²) in [5.41, 5.74) is 0.239. The number of ether oxygens (including phenoxy) is 2. The summed E-state index contributed by atoms with van der Waals surface area (Å²) in [5, 5.41) is 9.61. The standard InChI is InChI=1S/C15H14O4S/c1-18-15(17)10-7-11(16)9-13(8-10)19-12-3-5-14(20-2)6-4-12/h3-9,16H,1-2H3. The third-order valence-electron chi connectivity index (χ3n) is 2.61. The molecule has 2 rings (SSSR count). The Morgan fingerprint density at radius 3 is 2.40 bits per heavy atom. The summed E-state index contributed by atoms with van der Waals surface area (Å²) in [4.78, 5) is 12.6. The van der Waals surface area contributed by atoms with Crippen molar-refractivity contribution in [2.24, 2.45) is 0 Å². The van der Waals surface area contributed by atoms with Crippen LogP contribution in [0.5, 0.6) is 17.2 Å². The fourth-order valence-electron chi connectivity index (χ4n) is 1.66. The molecule has 0 spiro atoms. The highest BCUT2D eigenvalue weighted by molar-refractivity contribution is 7.98. The van der Waals surface area contributed by atoms with E-state index in [1.54, 1.807) is 11.8 Å². The maximum absolute atomic E-state index is 11.5. The van der Waals surface area contributed by atoms with Crippen molar-refractivity contribution in [1.29, 1.82) is 0 Å². The van der Waals surface area contributed by atoms with Crippen LogP contribution in [-0.2, 0) is 4.74 Å². The minimum atomic E-state index is -0.525. The maximum atomic E-state index is 11.5. The fraction of sp³-hybridized carbons (Fsp3) is 0.133. The lowest BCUT2D eigenvalue weighted by atomic mass is 10.2. The van der Waals surface area contributed by atoms with Gasteiger partial charge >= 0.3 is 5.97 Å². The van der Waals surface area contributed by atoms with E-state index in [0.29, 0.717) is 11.5 Å². The van der Waals surface area contributed by atoms with Gasteiger partial charge in [-0.3, -0.25) is 0 Å². The first-order valence-corrected chi connectivity index (χ1v) is 7.09. The van der Waals surface area contributed by atoms with Gasteiger partial charge in [0.05, 0.1) is 12.7 Å². The molecule has 0 saturated heterocycles. The topological polar surface area (TPSA) is 55.8 Å². The molecule has 0 atom stereocenters. The van der Waals surface area contributed by atoms with Crippen molar-refractivity contribution >= 4 is 17.7 Å². The number of hydrogen-bond donors (Lipinski definition) is 1. The maximum Gasteiger partial charge on any atom is 0.338 e. The summed E-state index contributed by atoms with van der Waals surface area (Å²) in [6, 6.07) is 11.8. The minimum absolute atomic E-state index is 0.0522. The van der Waals surface area contributed by atoms with Gasteiger partial charge in [-0.1, -0.05) is 0 Å². The highest BCUT2D eigenvalue weighted by atomic mass is 32.2.